The van der Waals surface area contributed by atoms with Crippen molar-refractivity contribution in [3.63, 3.8) is 0 Å². The number of anilines is 1. The molecule has 20 heavy (non-hydrogen) atoms. The summed E-state index contributed by atoms with van der Waals surface area (Å²) >= 11 is 4.91. The normalized spacial score (nSPS) is 14.3. The van der Waals surface area contributed by atoms with Gasteiger partial charge in [-0.1, -0.05) is 24.4 Å². The second-order valence-corrected chi connectivity index (χ2v) is 5.36. The van der Waals surface area contributed by atoms with E-state index in [1.165, 1.54) is 0 Å². The molecule has 0 atom stereocenters. The molecule has 1 saturated carbocycles. The van der Waals surface area contributed by atoms with Crippen molar-refractivity contribution in [1.82, 2.24) is 4.90 Å². The minimum atomic E-state index is -0.0922. The van der Waals surface area contributed by atoms with E-state index < -0.39 is 0 Å². The fourth-order valence-corrected chi connectivity index (χ4v) is 2.22. The zero-order valence-electron chi connectivity index (χ0n) is 11.2. The van der Waals surface area contributed by atoms with E-state index in [9.17, 15) is 4.79 Å². The lowest BCUT2D eigenvalue weighted by Crippen LogP contribution is -2.36. The van der Waals surface area contributed by atoms with Crippen LogP contribution in [0, 0.1) is 0 Å². The van der Waals surface area contributed by atoms with Crippen molar-refractivity contribution in [2.45, 2.75) is 18.9 Å². The van der Waals surface area contributed by atoms with Crippen LogP contribution in [-0.4, -0.2) is 46.6 Å². The Hall–Kier alpha value is -1.50. The summed E-state index contributed by atoms with van der Waals surface area (Å²) in [5.41, 5.74) is 6.97. The Morgan fingerprint density at radius 2 is 2.25 bits per heavy atom. The number of carbonyl (C=O) groups excluding carboxylic acids is 1. The van der Waals surface area contributed by atoms with Crippen molar-refractivity contribution >= 4 is 28.8 Å². The monoisotopic (exact) mass is 293 g/mol. The standard InChI is InChI=1S/C14H19N3O2S/c15-14(20)10-2-1-3-11(8-10)16-13(19)9-17(6-7-18)12-4-5-12/h1-3,8,12,18H,4-7,9H2,(H2,15,20)(H,16,19). The Morgan fingerprint density at radius 1 is 1.50 bits per heavy atom. The summed E-state index contributed by atoms with van der Waals surface area (Å²) in [7, 11) is 0. The molecule has 1 aromatic rings. The number of benzene rings is 1. The van der Waals surface area contributed by atoms with Crippen molar-refractivity contribution in [2.24, 2.45) is 5.73 Å². The van der Waals surface area contributed by atoms with Gasteiger partial charge < -0.3 is 16.2 Å². The number of carbonyl (C=O) groups is 1. The molecule has 1 fully saturated rings. The molecule has 0 bridgehead atoms. The zero-order chi connectivity index (χ0) is 14.5. The maximum atomic E-state index is 12.0. The Bertz CT molecular complexity index is 503. The predicted octanol–water partition coefficient (Wildman–Crippen LogP) is 0.716. The number of hydrogen-bond donors (Lipinski definition) is 3. The van der Waals surface area contributed by atoms with E-state index >= 15 is 0 Å². The van der Waals surface area contributed by atoms with Crippen LogP contribution in [-0.2, 0) is 4.79 Å². The highest BCUT2D eigenvalue weighted by Crippen LogP contribution is 2.26. The Labute approximate surface area is 123 Å². The summed E-state index contributed by atoms with van der Waals surface area (Å²) in [6.45, 7) is 0.897. The molecule has 0 heterocycles. The van der Waals surface area contributed by atoms with Gasteiger partial charge >= 0.3 is 0 Å². The van der Waals surface area contributed by atoms with Gasteiger partial charge in [0.2, 0.25) is 5.91 Å². The van der Waals surface area contributed by atoms with E-state index in [0.29, 0.717) is 29.8 Å². The number of thiocarbonyl (C=S) groups is 1. The Balaban J connectivity index is 1.93. The first-order valence-electron chi connectivity index (χ1n) is 6.65. The predicted molar refractivity (Wildman–Crippen MR) is 82.6 cm³/mol. The third-order valence-electron chi connectivity index (χ3n) is 3.23. The molecule has 1 aromatic carbocycles. The second kappa shape index (κ2) is 6.78. The van der Waals surface area contributed by atoms with Gasteiger partial charge in [0.05, 0.1) is 13.2 Å². The number of nitrogens with two attached hydrogens (primary N) is 1. The van der Waals surface area contributed by atoms with Crippen molar-refractivity contribution in [3.05, 3.63) is 29.8 Å². The number of nitrogens with one attached hydrogen (secondary N) is 1. The fourth-order valence-electron chi connectivity index (χ4n) is 2.09. The molecule has 0 aromatic heterocycles. The molecule has 0 spiro atoms. The van der Waals surface area contributed by atoms with Gasteiger partial charge in [0.25, 0.3) is 0 Å². The average Bonchev–Trinajstić information content (AvgIpc) is 3.22. The quantitative estimate of drug-likeness (QED) is 0.646. The second-order valence-electron chi connectivity index (χ2n) is 4.92. The molecule has 108 valence electrons. The van der Waals surface area contributed by atoms with Gasteiger partial charge in [0.15, 0.2) is 0 Å². The number of rotatable bonds is 7. The average molecular weight is 293 g/mol. The third kappa shape index (κ3) is 4.26. The number of amides is 1. The van der Waals surface area contributed by atoms with Crippen molar-refractivity contribution in [3.8, 4) is 0 Å². The molecule has 5 nitrogen and oxygen atoms in total. The molecule has 1 aliphatic rings. The van der Waals surface area contributed by atoms with Gasteiger partial charge in [-0.15, -0.1) is 0 Å². The molecule has 0 aliphatic heterocycles. The van der Waals surface area contributed by atoms with Gasteiger partial charge in [-0.05, 0) is 25.0 Å². The fraction of sp³-hybridized carbons (Fsp3) is 0.429. The molecular formula is C14H19N3O2S. The van der Waals surface area contributed by atoms with E-state index in [1.807, 2.05) is 4.90 Å². The number of aliphatic hydroxyl groups is 1. The molecule has 4 N–H and O–H groups in total. The van der Waals surface area contributed by atoms with Crippen LogP contribution in [0.15, 0.2) is 24.3 Å². The van der Waals surface area contributed by atoms with E-state index in [-0.39, 0.29) is 12.5 Å². The highest BCUT2D eigenvalue weighted by Gasteiger charge is 2.29. The summed E-state index contributed by atoms with van der Waals surface area (Å²) in [6, 6.07) is 7.60. The maximum absolute atomic E-state index is 12.0. The summed E-state index contributed by atoms with van der Waals surface area (Å²) < 4.78 is 0. The lowest BCUT2D eigenvalue weighted by molar-refractivity contribution is -0.117. The lowest BCUT2D eigenvalue weighted by Gasteiger charge is -2.20. The van der Waals surface area contributed by atoms with Crippen molar-refractivity contribution in [1.29, 1.82) is 0 Å². The summed E-state index contributed by atoms with van der Waals surface area (Å²) in [6.07, 6.45) is 2.20. The molecule has 0 radical (unpaired) electrons. The first kappa shape index (κ1) is 14.9. The summed E-state index contributed by atoms with van der Waals surface area (Å²) in [4.78, 5) is 14.3. The maximum Gasteiger partial charge on any atom is 0.238 e. The largest absolute Gasteiger partial charge is 0.395 e. The zero-order valence-corrected chi connectivity index (χ0v) is 12.0. The molecule has 2 rings (SSSR count). The van der Waals surface area contributed by atoms with Crippen molar-refractivity contribution in [2.75, 3.05) is 25.0 Å². The van der Waals surface area contributed by atoms with Crippen molar-refractivity contribution < 1.29 is 9.90 Å². The van der Waals surface area contributed by atoms with Crippen LogP contribution in [0.4, 0.5) is 5.69 Å². The summed E-state index contributed by atoms with van der Waals surface area (Å²) in [5, 5.41) is 11.8. The Kier molecular flexibility index (Phi) is 5.05. The third-order valence-corrected chi connectivity index (χ3v) is 3.46. The van der Waals surface area contributed by atoms with Crippen LogP contribution >= 0.6 is 12.2 Å². The minimum Gasteiger partial charge on any atom is -0.395 e. The Morgan fingerprint density at radius 3 is 2.85 bits per heavy atom. The van der Waals surface area contributed by atoms with E-state index in [2.05, 4.69) is 5.32 Å². The van der Waals surface area contributed by atoms with Gasteiger partial charge in [0, 0.05) is 23.8 Å². The van der Waals surface area contributed by atoms with Crippen LogP contribution in [0.5, 0.6) is 0 Å². The van der Waals surface area contributed by atoms with E-state index in [4.69, 9.17) is 23.1 Å². The SMILES string of the molecule is NC(=S)c1cccc(NC(=O)CN(CCO)C2CC2)c1. The van der Waals surface area contributed by atoms with Crippen LogP contribution in [0.1, 0.15) is 18.4 Å². The molecule has 0 saturated heterocycles. The topological polar surface area (TPSA) is 78.6 Å². The highest BCUT2D eigenvalue weighted by molar-refractivity contribution is 7.80. The molecular weight excluding hydrogens is 274 g/mol. The first-order valence-corrected chi connectivity index (χ1v) is 7.05. The van der Waals surface area contributed by atoms with Crippen LogP contribution in [0.3, 0.4) is 0 Å². The highest BCUT2D eigenvalue weighted by atomic mass is 32.1. The first-order chi connectivity index (χ1) is 9.60. The smallest absolute Gasteiger partial charge is 0.238 e. The number of aliphatic hydroxyl groups excluding tert-OH is 1. The van der Waals surface area contributed by atoms with Gasteiger partial charge in [0.1, 0.15) is 4.99 Å². The number of nitrogens with zero attached hydrogens (tertiary/aromatic N) is 1. The van der Waals surface area contributed by atoms with E-state index in [0.717, 1.165) is 18.4 Å². The van der Waals surface area contributed by atoms with Crippen LogP contribution in [0.25, 0.3) is 0 Å². The van der Waals surface area contributed by atoms with Crippen LogP contribution in [0.2, 0.25) is 0 Å². The summed E-state index contributed by atoms with van der Waals surface area (Å²) in [5.74, 6) is -0.0922. The van der Waals surface area contributed by atoms with Crippen LogP contribution < -0.4 is 11.1 Å². The molecule has 0 unspecified atom stereocenters. The minimum absolute atomic E-state index is 0.0701. The molecule has 1 aliphatic carbocycles. The van der Waals surface area contributed by atoms with E-state index in [1.54, 1.807) is 24.3 Å². The number of hydrogen-bond acceptors (Lipinski definition) is 4. The lowest BCUT2D eigenvalue weighted by atomic mass is 10.2. The van der Waals surface area contributed by atoms with Gasteiger partial charge in [-0.2, -0.15) is 0 Å². The van der Waals surface area contributed by atoms with Gasteiger partial charge in [-0.3, -0.25) is 9.69 Å². The molecule has 1 amide bonds. The van der Waals surface area contributed by atoms with Gasteiger partial charge in [-0.25, -0.2) is 0 Å². The molecule has 6 heteroatoms.